The second kappa shape index (κ2) is 8.25. The number of rotatable bonds is 3. The van der Waals surface area contributed by atoms with Crippen LogP contribution in [0.4, 0.5) is 0 Å². The van der Waals surface area contributed by atoms with Gasteiger partial charge in [0, 0.05) is 12.6 Å². The van der Waals surface area contributed by atoms with Crippen LogP contribution >= 0.6 is 0 Å². The number of nitrogens with zero attached hydrogens (tertiary/aromatic N) is 1. The van der Waals surface area contributed by atoms with Gasteiger partial charge in [0.25, 0.3) is 0 Å². The lowest BCUT2D eigenvalue weighted by Crippen LogP contribution is -2.25. The monoisotopic (exact) mass is 205 g/mol. The molecule has 1 nitrogen and oxygen atoms in total. The molecule has 84 valence electrons. The Kier molecular flexibility index (Phi) is 7.65. The van der Waals surface area contributed by atoms with Crippen LogP contribution in [0.15, 0.2) is 43.0 Å². The first kappa shape index (κ1) is 13.9. The van der Waals surface area contributed by atoms with Crippen LogP contribution in [0.2, 0.25) is 0 Å². The van der Waals surface area contributed by atoms with E-state index in [1.807, 2.05) is 6.92 Å². The third kappa shape index (κ3) is 6.92. The first-order valence-corrected chi connectivity index (χ1v) is 5.43. The van der Waals surface area contributed by atoms with E-state index < -0.39 is 0 Å². The number of hydrogen-bond donors (Lipinski definition) is 0. The third-order valence-corrected chi connectivity index (χ3v) is 2.16. The predicted molar refractivity (Wildman–Crippen MR) is 68.9 cm³/mol. The molecule has 0 aliphatic carbocycles. The van der Waals surface area contributed by atoms with Crippen molar-refractivity contribution in [2.24, 2.45) is 0 Å². The maximum absolute atomic E-state index is 3.36. The minimum Gasteiger partial charge on any atom is -0.300 e. The summed E-state index contributed by atoms with van der Waals surface area (Å²) in [4.78, 5) is 2.33. The molecule has 0 atom stereocenters. The van der Waals surface area contributed by atoms with Crippen molar-refractivity contribution >= 4 is 0 Å². The molecule has 0 aliphatic rings. The van der Waals surface area contributed by atoms with Crippen LogP contribution in [0.3, 0.4) is 0 Å². The zero-order chi connectivity index (χ0) is 11.7. The van der Waals surface area contributed by atoms with E-state index in [2.05, 4.69) is 62.7 Å². The summed E-state index contributed by atoms with van der Waals surface area (Å²) in [5, 5.41) is 0. The van der Waals surface area contributed by atoms with Crippen molar-refractivity contribution < 1.29 is 0 Å². The molecule has 0 spiro atoms. The summed E-state index contributed by atoms with van der Waals surface area (Å²) in [5.41, 5.74) is 1.38. The Hall–Kier alpha value is -1.08. The van der Waals surface area contributed by atoms with Gasteiger partial charge in [0.05, 0.1) is 0 Å². The van der Waals surface area contributed by atoms with E-state index in [-0.39, 0.29) is 0 Å². The molecule has 0 saturated heterocycles. The van der Waals surface area contributed by atoms with Gasteiger partial charge in [0.1, 0.15) is 0 Å². The second-order valence-electron chi connectivity index (χ2n) is 3.90. The molecular formula is C14H23N. The van der Waals surface area contributed by atoms with Crippen LogP contribution in [0.1, 0.15) is 26.3 Å². The van der Waals surface area contributed by atoms with Gasteiger partial charge >= 0.3 is 0 Å². The fourth-order valence-electron chi connectivity index (χ4n) is 1.05. The van der Waals surface area contributed by atoms with Gasteiger partial charge in [0.15, 0.2) is 0 Å². The molecule has 0 unspecified atom stereocenters. The van der Waals surface area contributed by atoms with Gasteiger partial charge in [-0.2, -0.15) is 0 Å². The summed E-state index contributed by atoms with van der Waals surface area (Å²) in [6, 6.07) is 11.2. The number of benzene rings is 1. The van der Waals surface area contributed by atoms with Gasteiger partial charge in [-0.3, -0.25) is 4.90 Å². The van der Waals surface area contributed by atoms with E-state index in [9.17, 15) is 0 Å². The van der Waals surface area contributed by atoms with Crippen LogP contribution < -0.4 is 0 Å². The summed E-state index contributed by atoms with van der Waals surface area (Å²) in [5.74, 6) is 0. The molecule has 1 aromatic rings. The molecule has 0 fully saturated rings. The van der Waals surface area contributed by atoms with Crippen molar-refractivity contribution in [3.8, 4) is 0 Å². The average molecular weight is 205 g/mol. The average Bonchev–Trinajstić information content (AvgIpc) is 2.20. The summed E-state index contributed by atoms with van der Waals surface area (Å²) in [6.45, 7) is 10.7. The highest BCUT2D eigenvalue weighted by atomic mass is 15.1. The SMILES string of the molecule is C=CC.CC(C)N(C)Cc1ccccc1. The van der Waals surface area contributed by atoms with Crippen LogP contribution in [0.5, 0.6) is 0 Å². The van der Waals surface area contributed by atoms with Gasteiger partial charge in [-0.25, -0.2) is 0 Å². The van der Waals surface area contributed by atoms with Crippen molar-refractivity contribution in [1.82, 2.24) is 4.90 Å². The third-order valence-electron chi connectivity index (χ3n) is 2.16. The molecule has 1 heteroatoms. The van der Waals surface area contributed by atoms with E-state index in [4.69, 9.17) is 0 Å². The lowest BCUT2D eigenvalue weighted by molar-refractivity contribution is 0.266. The molecule has 0 bridgehead atoms. The van der Waals surface area contributed by atoms with Crippen LogP contribution in [-0.4, -0.2) is 18.0 Å². The minimum absolute atomic E-state index is 0.616. The van der Waals surface area contributed by atoms with Crippen molar-refractivity contribution in [3.05, 3.63) is 48.6 Å². The number of hydrogen-bond acceptors (Lipinski definition) is 1. The molecule has 1 aromatic carbocycles. The molecule has 0 N–H and O–H groups in total. The Morgan fingerprint density at radius 3 is 2.13 bits per heavy atom. The Balaban J connectivity index is 0.000000583. The van der Waals surface area contributed by atoms with Crippen molar-refractivity contribution in [2.45, 2.75) is 33.4 Å². The standard InChI is InChI=1S/C11H17N.C3H6/c1-10(2)12(3)9-11-7-5-4-6-8-11;1-3-2/h4-8,10H,9H2,1-3H3;3H,1H2,2H3. The normalized spacial score (nSPS) is 9.73. The fraction of sp³-hybridized carbons (Fsp3) is 0.429. The second-order valence-corrected chi connectivity index (χ2v) is 3.90. The summed E-state index contributed by atoms with van der Waals surface area (Å²) in [7, 11) is 2.15. The maximum atomic E-state index is 3.36. The summed E-state index contributed by atoms with van der Waals surface area (Å²) >= 11 is 0. The van der Waals surface area contributed by atoms with E-state index in [0.29, 0.717) is 6.04 Å². The van der Waals surface area contributed by atoms with Crippen LogP contribution in [0, 0.1) is 0 Å². The minimum atomic E-state index is 0.616. The van der Waals surface area contributed by atoms with Crippen LogP contribution in [-0.2, 0) is 6.54 Å². The Morgan fingerprint density at radius 2 is 1.73 bits per heavy atom. The van der Waals surface area contributed by atoms with Gasteiger partial charge in [-0.15, -0.1) is 6.58 Å². The summed E-state index contributed by atoms with van der Waals surface area (Å²) < 4.78 is 0. The Labute approximate surface area is 94.4 Å². The molecule has 0 amide bonds. The highest BCUT2D eigenvalue weighted by molar-refractivity contribution is 5.14. The molecule has 0 radical (unpaired) electrons. The van der Waals surface area contributed by atoms with Crippen molar-refractivity contribution in [3.63, 3.8) is 0 Å². The van der Waals surface area contributed by atoms with Gasteiger partial charge in [0.2, 0.25) is 0 Å². The van der Waals surface area contributed by atoms with E-state index in [0.717, 1.165) is 6.54 Å². The zero-order valence-corrected chi connectivity index (χ0v) is 10.4. The van der Waals surface area contributed by atoms with Gasteiger partial charge < -0.3 is 0 Å². The van der Waals surface area contributed by atoms with E-state index in [1.165, 1.54) is 5.56 Å². The molecular weight excluding hydrogens is 182 g/mol. The predicted octanol–water partition coefficient (Wildman–Crippen LogP) is 3.72. The molecule has 0 saturated carbocycles. The highest BCUT2D eigenvalue weighted by Gasteiger charge is 2.02. The topological polar surface area (TPSA) is 3.24 Å². The Morgan fingerprint density at radius 1 is 1.27 bits per heavy atom. The molecule has 1 rings (SSSR count). The maximum Gasteiger partial charge on any atom is 0.0233 e. The smallest absolute Gasteiger partial charge is 0.0233 e. The van der Waals surface area contributed by atoms with Crippen molar-refractivity contribution in [1.29, 1.82) is 0 Å². The first-order chi connectivity index (χ1) is 7.11. The zero-order valence-electron chi connectivity index (χ0n) is 10.4. The van der Waals surface area contributed by atoms with Crippen LogP contribution in [0.25, 0.3) is 0 Å². The molecule has 15 heavy (non-hydrogen) atoms. The Bertz CT molecular complexity index is 251. The molecule has 0 heterocycles. The van der Waals surface area contributed by atoms with E-state index in [1.54, 1.807) is 6.08 Å². The van der Waals surface area contributed by atoms with E-state index >= 15 is 0 Å². The lowest BCUT2D eigenvalue weighted by atomic mass is 10.2. The quantitative estimate of drug-likeness (QED) is 0.680. The van der Waals surface area contributed by atoms with Crippen molar-refractivity contribution in [2.75, 3.05) is 7.05 Å². The summed E-state index contributed by atoms with van der Waals surface area (Å²) in [6.07, 6.45) is 1.75. The fourth-order valence-corrected chi connectivity index (χ4v) is 1.05. The number of allylic oxidation sites excluding steroid dienone is 1. The molecule has 0 aromatic heterocycles. The van der Waals surface area contributed by atoms with Gasteiger partial charge in [-0.1, -0.05) is 36.4 Å². The lowest BCUT2D eigenvalue weighted by Gasteiger charge is -2.20. The molecule has 0 aliphatic heterocycles. The first-order valence-electron chi connectivity index (χ1n) is 5.43. The van der Waals surface area contributed by atoms with Gasteiger partial charge in [-0.05, 0) is 33.4 Å². The highest BCUT2D eigenvalue weighted by Crippen LogP contribution is 2.04. The largest absolute Gasteiger partial charge is 0.300 e.